The second-order valence-electron chi connectivity index (χ2n) is 2.50. The average molecular weight is 251 g/mol. The van der Waals surface area contributed by atoms with Gasteiger partial charge in [0.25, 0.3) is 0 Å². The Morgan fingerprint density at radius 2 is 0.818 bits per heavy atom. The first kappa shape index (κ1) is 17.9. The average Bonchev–Trinajstić information content (AvgIpc) is 1.12. The largest absolute Gasteiger partial charge is 2.00 e. The summed E-state index contributed by atoms with van der Waals surface area (Å²) in [7, 11) is -5.78. The van der Waals surface area contributed by atoms with Gasteiger partial charge in [-0.3, -0.25) is 0 Å². The monoisotopic (exact) mass is 250 g/mol. The molecule has 0 heterocycles. The van der Waals surface area contributed by atoms with Crippen LogP contribution in [0.4, 0.5) is 0 Å². The van der Waals surface area contributed by atoms with Crippen LogP contribution in [0, 0.1) is 0 Å². The molecular weight excluding hydrogens is 239 g/mol. The van der Waals surface area contributed by atoms with Gasteiger partial charge in [-0.1, -0.05) is 0 Å². The van der Waals surface area contributed by atoms with E-state index in [1.807, 2.05) is 0 Å². The van der Waals surface area contributed by atoms with Gasteiger partial charge >= 0.3 is 19.5 Å². The number of hydrogen-bond donors (Lipinski definition) is 0. The summed E-state index contributed by atoms with van der Waals surface area (Å²) < 4.78 is 19.3. The SMILES string of the molecule is CP(C)(=O)[O-].CP(C)(=O)[O-].[Zn+2]. The van der Waals surface area contributed by atoms with Crippen molar-refractivity contribution < 1.29 is 38.4 Å². The first-order valence-electron chi connectivity index (χ1n) is 2.52. The summed E-state index contributed by atoms with van der Waals surface area (Å²) in [6.07, 6.45) is 0. The Kier molecular flexibility index (Phi) is 10.6. The van der Waals surface area contributed by atoms with Gasteiger partial charge in [0.1, 0.15) is 0 Å². The van der Waals surface area contributed by atoms with Crippen LogP contribution in [-0.4, -0.2) is 26.7 Å². The van der Waals surface area contributed by atoms with E-state index in [1.165, 1.54) is 26.7 Å². The van der Waals surface area contributed by atoms with Crippen LogP contribution in [0.2, 0.25) is 0 Å². The van der Waals surface area contributed by atoms with E-state index >= 15 is 0 Å². The summed E-state index contributed by atoms with van der Waals surface area (Å²) in [4.78, 5) is 19.3. The first-order chi connectivity index (χ1) is 4.00. The minimum Gasteiger partial charge on any atom is -0.800 e. The van der Waals surface area contributed by atoms with E-state index < -0.39 is 14.7 Å². The molecule has 0 fully saturated rings. The summed E-state index contributed by atoms with van der Waals surface area (Å²) in [5.74, 6) is 0. The van der Waals surface area contributed by atoms with Crippen molar-refractivity contribution in [1.29, 1.82) is 0 Å². The molecule has 11 heavy (non-hydrogen) atoms. The molecule has 0 aliphatic heterocycles. The van der Waals surface area contributed by atoms with Crippen LogP contribution in [-0.2, 0) is 28.6 Å². The quantitative estimate of drug-likeness (QED) is 0.440. The van der Waals surface area contributed by atoms with Crippen LogP contribution in [0.3, 0.4) is 0 Å². The molecule has 0 bridgehead atoms. The van der Waals surface area contributed by atoms with Crippen LogP contribution in [0.1, 0.15) is 0 Å². The molecule has 64 valence electrons. The van der Waals surface area contributed by atoms with Crippen molar-refractivity contribution in [1.82, 2.24) is 0 Å². The molecule has 0 aromatic rings. The molecule has 0 amide bonds. The van der Waals surface area contributed by atoms with Gasteiger partial charge in [0.15, 0.2) is 0 Å². The molecule has 0 saturated heterocycles. The minimum atomic E-state index is -2.89. The topological polar surface area (TPSA) is 80.3 Å². The van der Waals surface area contributed by atoms with Crippen molar-refractivity contribution in [2.24, 2.45) is 0 Å². The molecule has 0 atom stereocenters. The zero-order chi connectivity index (χ0) is 9.00. The van der Waals surface area contributed by atoms with Crippen LogP contribution in [0.25, 0.3) is 0 Å². The fourth-order valence-corrected chi connectivity index (χ4v) is 0. The third kappa shape index (κ3) is 886. The normalized spacial score (nSPS) is 10.7. The van der Waals surface area contributed by atoms with Crippen molar-refractivity contribution in [3.8, 4) is 0 Å². The zero-order valence-electron chi connectivity index (χ0n) is 7.23. The molecule has 7 heteroatoms. The van der Waals surface area contributed by atoms with Crippen LogP contribution < -0.4 is 9.79 Å². The predicted molar refractivity (Wildman–Crippen MR) is 38.9 cm³/mol. The Bertz CT molecular complexity index is 132. The Morgan fingerprint density at radius 3 is 0.818 bits per heavy atom. The minimum absolute atomic E-state index is 0. The van der Waals surface area contributed by atoms with E-state index in [2.05, 4.69) is 0 Å². The molecule has 0 N–H and O–H groups in total. The second kappa shape index (κ2) is 6.51. The van der Waals surface area contributed by atoms with Crippen LogP contribution in [0.15, 0.2) is 0 Å². The molecule has 0 aromatic heterocycles. The van der Waals surface area contributed by atoms with Gasteiger partial charge in [-0.15, -0.1) is 0 Å². The van der Waals surface area contributed by atoms with Crippen molar-refractivity contribution in [2.75, 3.05) is 26.7 Å². The summed E-state index contributed by atoms with van der Waals surface area (Å²) in [5, 5.41) is 0. The summed E-state index contributed by atoms with van der Waals surface area (Å²) in [6, 6.07) is 0. The van der Waals surface area contributed by atoms with Gasteiger partial charge in [0.05, 0.1) is 0 Å². The van der Waals surface area contributed by atoms with Crippen molar-refractivity contribution in [3.05, 3.63) is 0 Å². The molecule has 0 unspecified atom stereocenters. The van der Waals surface area contributed by atoms with Crippen molar-refractivity contribution >= 4 is 14.7 Å². The maximum atomic E-state index is 9.66. The van der Waals surface area contributed by atoms with E-state index in [-0.39, 0.29) is 19.5 Å². The second-order valence-corrected chi connectivity index (χ2v) is 7.51. The summed E-state index contributed by atoms with van der Waals surface area (Å²) in [6.45, 7) is 4.75. The maximum absolute atomic E-state index is 9.66. The molecule has 0 spiro atoms. The van der Waals surface area contributed by atoms with E-state index in [0.29, 0.717) is 0 Å². The van der Waals surface area contributed by atoms with Crippen molar-refractivity contribution in [2.45, 2.75) is 0 Å². The fraction of sp³-hybridized carbons (Fsp3) is 1.00. The van der Waals surface area contributed by atoms with Gasteiger partial charge in [0.2, 0.25) is 0 Å². The predicted octanol–water partition coefficient (Wildman–Crippen LogP) is -0.234. The molecule has 0 aromatic carbocycles. The number of hydrogen-bond acceptors (Lipinski definition) is 4. The zero-order valence-corrected chi connectivity index (χ0v) is 12.0. The molecule has 0 aliphatic carbocycles. The van der Waals surface area contributed by atoms with E-state index in [0.717, 1.165) is 0 Å². The summed E-state index contributed by atoms with van der Waals surface area (Å²) in [5.41, 5.74) is 0. The van der Waals surface area contributed by atoms with Gasteiger partial charge in [-0.05, 0) is 26.7 Å². The number of rotatable bonds is 0. The fourth-order valence-electron chi connectivity index (χ4n) is 0. The molecule has 4 nitrogen and oxygen atoms in total. The molecule has 0 rings (SSSR count). The van der Waals surface area contributed by atoms with Gasteiger partial charge in [-0.25, -0.2) is 0 Å². The molecular formula is C4H12O4P2Zn. The third-order valence-electron chi connectivity index (χ3n) is 0. The standard InChI is InChI=1S/2C2H7O2P.Zn/c2*1-5(2,3)4;/h2*1-2H3,(H,3,4);/q;;+2/p-2. The van der Waals surface area contributed by atoms with Crippen LogP contribution >= 0.6 is 14.7 Å². The van der Waals surface area contributed by atoms with E-state index in [9.17, 15) is 18.9 Å². The Balaban J connectivity index is -0.000000107. The Hall–Kier alpha value is 1.00. The third-order valence-corrected chi connectivity index (χ3v) is 0. The first-order valence-corrected chi connectivity index (χ1v) is 7.56. The van der Waals surface area contributed by atoms with Gasteiger partial charge in [-0.2, -0.15) is 0 Å². The molecule has 0 aliphatic rings. The maximum Gasteiger partial charge on any atom is 2.00 e. The summed E-state index contributed by atoms with van der Waals surface area (Å²) >= 11 is 0. The van der Waals surface area contributed by atoms with Crippen molar-refractivity contribution in [3.63, 3.8) is 0 Å². The Morgan fingerprint density at radius 1 is 0.818 bits per heavy atom. The molecule has 0 radical (unpaired) electrons. The Labute approximate surface area is 80.1 Å². The smallest absolute Gasteiger partial charge is 0.800 e. The van der Waals surface area contributed by atoms with Gasteiger partial charge < -0.3 is 18.9 Å². The van der Waals surface area contributed by atoms with E-state index in [4.69, 9.17) is 0 Å². The van der Waals surface area contributed by atoms with Crippen LogP contribution in [0.5, 0.6) is 0 Å². The van der Waals surface area contributed by atoms with E-state index in [1.54, 1.807) is 0 Å². The molecule has 0 saturated carbocycles. The van der Waals surface area contributed by atoms with Gasteiger partial charge in [0, 0.05) is 14.7 Å².